The van der Waals surface area contributed by atoms with Gasteiger partial charge in [0.2, 0.25) is 5.91 Å². The molecule has 0 saturated carbocycles. The number of nitrogens with one attached hydrogen (secondary N) is 2. The number of aryl methyl sites for hydroxylation is 2. The van der Waals surface area contributed by atoms with Crippen LogP contribution >= 0.6 is 0 Å². The Balaban J connectivity index is 1.65. The van der Waals surface area contributed by atoms with Crippen molar-refractivity contribution < 1.29 is 9.59 Å². The van der Waals surface area contributed by atoms with Gasteiger partial charge in [-0.25, -0.2) is 4.98 Å². The molecule has 2 aromatic carbocycles. The Labute approximate surface area is 151 Å². The quantitative estimate of drug-likeness (QED) is 0.742. The molecule has 0 spiro atoms. The molecule has 0 fully saturated rings. The van der Waals surface area contributed by atoms with Gasteiger partial charge >= 0.3 is 0 Å². The lowest BCUT2D eigenvalue weighted by Crippen LogP contribution is -2.23. The third-order valence-electron chi connectivity index (χ3n) is 3.90. The number of rotatable bonds is 5. The van der Waals surface area contributed by atoms with Gasteiger partial charge in [-0.15, -0.1) is 0 Å². The maximum Gasteiger partial charge on any atom is 0.273 e. The van der Waals surface area contributed by atoms with E-state index in [-0.39, 0.29) is 18.4 Å². The number of benzene rings is 2. The van der Waals surface area contributed by atoms with E-state index in [1.54, 1.807) is 0 Å². The first-order valence-corrected chi connectivity index (χ1v) is 8.26. The van der Waals surface area contributed by atoms with Gasteiger partial charge in [0.1, 0.15) is 12.2 Å². The molecule has 0 aliphatic heterocycles. The molecule has 132 valence electrons. The van der Waals surface area contributed by atoms with Crippen LogP contribution in [0.1, 0.15) is 21.6 Å². The molecule has 1 heterocycles. The van der Waals surface area contributed by atoms with Crippen LogP contribution in [0, 0.1) is 13.8 Å². The maximum absolute atomic E-state index is 12.5. The minimum absolute atomic E-state index is 0.00449. The summed E-state index contributed by atoms with van der Waals surface area (Å²) in [5.41, 5.74) is 3.96. The summed E-state index contributed by atoms with van der Waals surface area (Å²) in [4.78, 5) is 28.7. The molecule has 26 heavy (non-hydrogen) atoms. The molecular weight excluding hydrogens is 328 g/mol. The first-order chi connectivity index (χ1) is 12.5. The van der Waals surface area contributed by atoms with E-state index in [1.807, 2.05) is 62.4 Å². The summed E-state index contributed by atoms with van der Waals surface area (Å²) in [6, 6.07) is 15.0. The fourth-order valence-corrected chi connectivity index (χ4v) is 2.46. The van der Waals surface area contributed by atoms with Crippen molar-refractivity contribution in [1.29, 1.82) is 0 Å². The third-order valence-corrected chi connectivity index (χ3v) is 3.90. The summed E-state index contributed by atoms with van der Waals surface area (Å²) < 4.78 is 1.52. The molecular formula is C20H20N4O2. The summed E-state index contributed by atoms with van der Waals surface area (Å²) in [5, 5.41) is 5.62. The topological polar surface area (TPSA) is 76.0 Å². The number of hydrogen-bond acceptors (Lipinski definition) is 3. The van der Waals surface area contributed by atoms with Gasteiger partial charge in [-0.05, 0) is 38.1 Å². The van der Waals surface area contributed by atoms with Crippen molar-refractivity contribution >= 4 is 23.2 Å². The molecule has 0 unspecified atom stereocenters. The lowest BCUT2D eigenvalue weighted by atomic mass is 10.2. The van der Waals surface area contributed by atoms with Crippen molar-refractivity contribution in [2.24, 2.45) is 0 Å². The summed E-state index contributed by atoms with van der Waals surface area (Å²) in [6.45, 7) is 3.97. The van der Waals surface area contributed by atoms with Crippen LogP contribution in [0.4, 0.5) is 11.4 Å². The number of imidazole rings is 1. The predicted octanol–water partition coefficient (Wildman–Crippen LogP) is 3.39. The van der Waals surface area contributed by atoms with Crippen LogP contribution in [0.3, 0.4) is 0 Å². The molecule has 1 aromatic heterocycles. The second kappa shape index (κ2) is 7.65. The van der Waals surface area contributed by atoms with E-state index < -0.39 is 0 Å². The second-order valence-electron chi connectivity index (χ2n) is 6.14. The van der Waals surface area contributed by atoms with Crippen molar-refractivity contribution in [2.75, 3.05) is 10.6 Å². The van der Waals surface area contributed by atoms with Crippen molar-refractivity contribution in [3.63, 3.8) is 0 Å². The number of carbonyl (C=O) groups is 2. The monoisotopic (exact) mass is 348 g/mol. The number of hydrogen-bond donors (Lipinski definition) is 2. The van der Waals surface area contributed by atoms with E-state index in [0.717, 1.165) is 11.1 Å². The van der Waals surface area contributed by atoms with E-state index in [9.17, 15) is 9.59 Å². The Morgan fingerprint density at radius 1 is 0.885 bits per heavy atom. The van der Waals surface area contributed by atoms with Gasteiger partial charge in [-0.3, -0.25) is 9.59 Å². The first kappa shape index (κ1) is 17.4. The number of anilines is 2. The third kappa shape index (κ3) is 4.36. The van der Waals surface area contributed by atoms with Crippen molar-refractivity contribution in [3.8, 4) is 0 Å². The lowest BCUT2D eigenvalue weighted by Gasteiger charge is -2.10. The zero-order chi connectivity index (χ0) is 18.5. The van der Waals surface area contributed by atoms with Gasteiger partial charge in [0.05, 0.1) is 12.5 Å². The smallest absolute Gasteiger partial charge is 0.273 e. The normalized spacial score (nSPS) is 10.4. The second-order valence-corrected chi connectivity index (χ2v) is 6.14. The molecule has 0 aliphatic carbocycles. The maximum atomic E-state index is 12.5. The van der Waals surface area contributed by atoms with E-state index >= 15 is 0 Å². The van der Waals surface area contributed by atoms with Gasteiger partial charge in [0.15, 0.2) is 0 Å². The number of aromatic nitrogens is 2. The molecule has 6 heteroatoms. The Kier molecular flexibility index (Phi) is 5.12. The Hall–Kier alpha value is -3.41. The van der Waals surface area contributed by atoms with Crippen molar-refractivity contribution in [2.45, 2.75) is 20.4 Å². The van der Waals surface area contributed by atoms with E-state index in [4.69, 9.17) is 0 Å². The molecule has 0 saturated heterocycles. The van der Waals surface area contributed by atoms with Crippen LogP contribution in [-0.2, 0) is 11.3 Å². The standard InChI is InChI=1S/C20H20N4O2/c1-14-3-7-16(8-4-14)22-19(25)12-24-13-21-11-18(24)20(26)23-17-9-5-15(2)6-10-17/h3-11,13H,12H2,1-2H3,(H,22,25)(H,23,26). The highest BCUT2D eigenvalue weighted by atomic mass is 16.2. The highest BCUT2D eigenvalue weighted by Crippen LogP contribution is 2.12. The van der Waals surface area contributed by atoms with Crippen LogP contribution in [0.2, 0.25) is 0 Å². The lowest BCUT2D eigenvalue weighted by molar-refractivity contribution is -0.116. The molecule has 0 atom stereocenters. The van der Waals surface area contributed by atoms with E-state index in [2.05, 4.69) is 15.6 Å². The summed E-state index contributed by atoms with van der Waals surface area (Å²) in [7, 11) is 0. The van der Waals surface area contributed by atoms with Gasteiger partial charge in [0.25, 0.3) is 5.91 Å². The fourth-order valence-electron chi connectivity index (χ4n) is 2.46. The van der Waals surface area contributed by atoms with Crippen LogP contribution in [0.25, 0.3) is 0 Å². The average molecular weight is 348 g/mol. The predicted molar refractivity (Wildman–Crippen MR) is 101 cm³/mol. The molecule has 0 radical (unpaired) electrons. The Morgan fingerprint density at radius 2 is 1.42 bits per heavy atom. The SMILES string of the molecule is Cc1ccc(NC(=O)Cn2cncc2C(=O)Nc2ccc(C)cc2)cc1. The Bertz CT molecular complexity index is 912. The molecule has 2 amide bonds. The van der Waals surface area contributed by atoms with Gasteiger partial charge < -0.3 is 15.2 Å². The zero-order valence-corrected chi connectivity index (χ0v) is 14.7. The minimum atomic E-state index is -0.311. The van der Waals surface area contributed by atoms with Crippen LogP contribution < -0.4 is 10.6 Å². The van der Waals surface area contributed by atoms with Crippen LogP contribution in [-0.4, -0.2) is 21.4 Å². The highest BCUT2D eigenvalue weighted by molar-refractivity contribution is 6.03. The van der Waals surface area contributed by atoms with Gasteiger partial charge in [0, 0.05) is 11.4 Å². The van der Waals surface area contributed by atoms with E-state index in [1.165, 1.54) is 17.1 Å². The molecule has 6 nitrogen and oxygen atoms in total. The molecule has 0 bridgehead atoms. The fraction of sp³-hybridized carbons (Fsp3) is 0.150. The molecule has 3 aromatic rings. The zero-order valence-electron chi connectivity index (χ0n) is 14.7. The van der Waals surface area contributed by atoms with E-state index in [0.29, 0.717) is 17.1 Å². The molecule has 2 N–H and O–H groups in total. The number of nitrogens with zero attached hydrogens (tertiary/aromatic N) is 2. The molecule has 0 aliphatic rings. The minimum Gasteiger partial charge on any atom is -0.325 e. The van der Waals surface area contributed by atoms with Crippen LogP contribution in [0.5, 0.6) is 0 Å². The average Bonchev–Trinajstić information content (AvgIpc) is 3.07. The summed E-state index contributed by atoms with van der Waals surface area (Å²) in [5.74, 6) is -0.536. The van der Waals surface area contributed by atoms with Crippen LogP contribution in [0.15, 0.2) is 61.1 Å². The largest absolute Gasteiger partial charge is 0.325 e. The van der Waals surface area contributed by atoms with Gasteiger partial charge in [-0.2, -0.15) is 0 Å². The van der Waals surface area contributed by atoms with Crippen molar-refractivity contribution in [3.05, 3.63) is 77.9 Å². The highest BCUT2D eigenvalue weighted by Gasteiger charge is 2.14. The summed E-state index contributed by atoms with van der Waals surface area (Å²) in [6.07, 6.45) is 2.92. The molecule has 3 rings (SSSR count). The number of carbonyl (C=O) groups excluding carboxylic acids is 2. The Morgan fingerprint density at radius 3 is 2.00 bits per heavy atom. The number of amides is 2. The summed E-state index contributed by atoms with van der Waals surface area (Å²) >= 11 is 0. The van der Waals surface area contributed by atoms with Crippen molar-refractivity contribution in [1.82, 2.24) is 9.55 Å². The first-order valence-electron chi connectivity index (χ1n) is 8.26. The van der Waals surface area contributed by atoms with Gasteiger partial charge in [-0.1, -0.05) is 35.4 Å².